The molecule has 4 aliphatic heterocycles. The number of ether oxygens (including phenoxy) is 3. The highest BCUT2D eigenvalue weighted by molar-refractivity contribution is 9.10. The zero-order chi connectivity index (χ0) is 26.7. The first-order valence-corrected chi connectivity index (χ1v) is 14.3. The van der Waals surface area contributed by atoms with Crippen molar-refractivity contribution in [1.29, 1.82) is 0 Å². The Hall–Kier alpha value is -2.24. The van der Waals surface area contributed by atoms with E-state index in [0.29, 0.717) is 35.4 Å². The highest BCUT2D eigenvalue weighted by Crippen LogP contribution is 2.47. The van der Waals surface area contributed by atoms with Gasteiger partial charge in [0, 0.05) is 43.5 Å². The van der Waals surface area contributed by atoms with Gasteiger partial charge in [-0.25, -0.2) is 9.18 Å². The van der Waals surface area contributed by atoms with Gasteiger partial charge in [-0.15, -0.1) is 0 Å². The summed E-state index contributed by atoms with van der Waals surface area (Å²) in [6.07, 6.45) is 2.84. The number of piperidine rings is 1. The second-order valence-electron chi connectivity index (χ2n) is 12.1. The molecule has 5 fully saturated rings. The summed E-state index contributed by atoms with van der Waals surface area (Å²) in [6.45, 7) is 11.7. The van der Waals surface area contributed by atoms with Gasteiger partial charge in [-0.05, 0) is 68.1 Å². The highest BCUT2D eigenvalue weighted by Gasteiger charge is 2.49. The molecule has 1 amide bonds. The van der Waals surface area contributed by atoms with Crippen LogP contribution in [0, 0.1) is 11.2 Å². The third-order valence-electron chi connectivity index (χ3n) is 7.94. The molecule has 9 nitrogen and oxygen atoms in total. The van der Waals surface area contributed by atoms with Crippen LogP contribution in [-0.4, -0.2) is 96.1 Å². The summed E-state index contributed by atoms with van der Waals surface area (Å²) >= 11 is 3.30. The molecular formula is C27H35BrFN5O4. The molecule has 2 bridgehead atoms. The number of carbonyl (C=O) groups excluding carboxylic acids is 1. The standard InChI is InChI=1S/C27H35BrFN5O4/c1-26(2,3)38-25(35)34-17-12-18(34)14-33(13-17)23-19-4-5-20(28)21(29)22(19)30-24(31-23)37-16-27(6-7-27)15-32-8-10-36-11-9-32/h4-5,17-18H,6-16H2,1-3H3. The number of fused-ring (bicyclic) bond motifs is 3. The zero-order valence-electron chi connectivity index (χ0n) is 22.2. The largest absolute Gasteiger partial charge is 0.463 e. The van der Waals surface area contributed by atoms with Crippen LogP contribution in [-0.2, 0) is 9.47 Å². The molecule has 0 spiro atoms. The molecule has 0 radical (unpaired) electrons. The third-order valence-corrected chi connectivity index (χ3v) is 8.56. The molecule has 11 heteroatoms. The van der Waals surface area contributed by atoms with Crippen LogP contribution in [0.5, 0.6) is 6.01 Å². The molecule has 206 valence electrons. The molecule has 2 atom stereocenters. The van der Waals surface area contributed by atoms with Crippen molar-refractivity contribution in [1.82, 2.24) is 19.8 Å². The van der Waals surface area contributed by atoms with Crippen LogP contribution in [0.4, 0.5) is 15.0 Å². The number of anilines is 1. The Morgan fingerprint density at radius 3 is 2.55 bits per heavy atom. The first-order valence-electron chi connectivity index (χ1n) is 13.5. The van der Waals surface area contributed by atoms with Crippen LogP contribution in [0.1, 0.15) is 40.0 Å². The second-order valence-corrected chi connectivity index (χ2v) is 13.0. The molecule has 0 N–H and O–H groups in total. The van der Waals surface area contributed by atoms with Crippen LogP contribution in [0.15, 0.2) is 16.6 Å². The summed E-state index contributed by atoms with van der Waals surface area (Å²) in [6, 6.07) is 3.78. The monoisotopic (exact) mass is 591 g/mol. The molecule has 5 aliphatic rings. The Balaban J connectivity index is 1.22. The number of hydrogen-bond acceptors (Lipinski definition) is 8. The van der Waals surface area contributed by atoms with Gasteiger partial charge in [0.25, 0.3) is 0 Å². The van der Waals surface area contributed by atoms with Crippen LogP contribution in [0.2, 0.25) is 0 Å². The molecule has 4 saturated heterocycles. The number of hydrogen-bond donors (Lipinski definition) is 0. The first kappa shape index (κ1) is 26.0. The van der Waals surface area contributed by atoms with E-state index >= 15 is 4.39 Å². The van der Waals surface area contributed by atoms with Gasteiger partial charge in [-0.2, -0.15) is 9.97 Å². The number of carbonyl (C=O) groups is 1. The van der Waals surface area contributed by atoms with Crippen molar-refractivity contribution in [3.8, 4) is 6.01 Å². The predicted octanol–water partition coefficient (Wildman–Crippen LogP) is 4.22. The number of piperazine rings is 1. The van der Waals surface area contributed by atoms with E-state index in [1.807, 2.05) is 31.7 Å². The van der Waals surface area contributed by atoms with Crippen molar-refractivity contribution < 1.29 is 23.4 Å². The zero-order valence-corrected chi connectivity index (χ0v) is 23.8. The van der Waals surface area contributed by atoms with Gasteiger partial charge in [0.2, 0.25) is 0 Å². The Kier molecular flexibility index (Phi) is 6.67. The Morgan fingerprint density at radius 1 is 1.18 bits per heavy atom. The van der Waals surface area contributed by atoms with E-state index in [0.717, 1.165) is 52.1 Å². The number of aromatic nitrogens is 2. The fourth-order valence-corrected chi connectivity index (χ4v) is 6.10. The maximum Gasteiger partial charge on any atom is 0.410 e. The lowest BCUT2D eigenvalue weighted by molar-refractivity contribution is -0.0380. The topological polar surface area (TPSA) is 80.3 Å². The fraction of sp³-hybridized carbons (Fsp3) is 0.667. The lowest BCUT2D eigenvalue weighted by Gasteiger charge is -2.56. The van der Waals surface area contributed by atoms with Crippen molar-refractivity contribution in [3.05, 3.63) is 22.4 Å². The quantitative estimate of drug-likeness (QED) is 0.494. The Labute approximate surface area is 230 Å². The van der Waals surface area contributed by atoms with Crippen molar-refractivity contribution in [2.24, 2.45) is 5.41 Å². The third kappa shape index (κ3) is 5.16. The number of halogens is 2. The average Bonchev–Trinajstić information content (AvgIpc) is 3.63. The summed E-state index contributed by atoms with van der Waals surface area (Å²) in [7, 11) is 0. The number of nitrogens with zero attached hydrogens (tertiary/aromatic N) is 5. The molecule has 38 heavy (non-hydrogen) atoms. The summed E-state index contributed by atoms with van der Waals surface area (Å²) in [4.78, 5) is 28.4. The van der Waals surface area contributed by atoms with Gasteiger partial charge >= 0.3 is 12.1 Å². The first-order chi connectivity index (χ1) is 18.1. The molecule has 1 aliphatic carbocycles. The van der Waals surface area contributed by atoms with E-state index in [2.05, 4.69) is 30.7 Å². The average molecular weight is 593 g/mol. The van der Waals surface area contributed by atoms with Gasteiger partial charge in [-0.1, -0.05) is 0 Å². The molecule has 1 aromatic carbocycles. The fourth-order valence-electron chi connectivity index (χ4n) is 5.78. The smallest absolute Gasteiger partial charge is 0.410 e. The van der Waals surface area contributed by atoms with Gasteiger partial charge in [0.15, 0.2) is 5.82 Å². The maximum atomic E-state index is 15.2. The maximum absolute atomic E-state index is 15.2. The Morgan fingerprint density at radius 2 is 1.89 bits per heavy atom. The molecule has 2 aromatic rings. The van der Waals surface area contributed by atoms with E-state index in [1.165, 1.54) is 0 Å². The van der Waals surface area contributed by atoms with Gasteiger partial charge in [0.05, 0.1) is 36.4 Å². The lowest BCUT2D eigenvalue weighted by Crippen LogP contribution is -2.70. The molecule has 2 unspecified atom stereocenters. The predicted molar refractivity (Wildman–Crippen MR) is 144 cm³/mol. The van der Waals surface area contributed by atoms with E-state index in [9.17, 15) is 4.79 Å². The molecule has 1 saturated carbocycles. The van der Waals surface area contributed by atoms with Crippen molar-refractivity contribution in [2.75, 3.05) is 57.4 Å². The summed E-state index contributed by atoms with van der Waals surface area (Å²) < 4.78 is 32.9. The van der Waals surface area contributed by atoms with Gasteiger partial charge < -0.3 is 19.1 Å². The molecule has 1 aromatic heterocycles. The SMILES string of the molecule is CC(C)(C)OC(=O)N1C2CC1CN(c1nc(OCC3(CN4CCOCC4)CC3)nc3c(F)c(Br)ccc13)C2. The molecular weight excluding hydrogens is 557 g/mol. The van der Waals surface area contributed by atoms with E-state index in [-0.39, 0.29) is 35.1 Å². The van der Waals surface area contributed by atoms with Crippen LogP contribution < -0.4 is 9.64 Å². The van der Waals surface area contributed by atoms with E-state index in [1.54, 1.807) is 6.07 Å². The minimum Gasteiger partial charge on any atom is -0.463 e. The van der Waals surface area contributed by atoms with E-state index < -0.39 is 11.4 Å². The number of benzene rings is 1. The minimum atomic E-state index is -0.540. The van der Waals surface area contributed by atoms with Crippen molar-refractivity contribution in [3.63, 3.8) is 0 Å². The summed E-state index contributed by atoms with van der Waals surface area (Å²) in [5.41, 5.74) is -0.214. The minimum absolute atomic E-state index is 0.0292. The van der Waals surface area contributed by atoms with Gasteiger partial charge in [-0.3, -0.25) is 9.80 Å². The summed E-state index contributed by atoms with van der Waals surface area (Å²) in [5.74, 6) is 0.218. The summed E-state index contributed by atoms with van der Waals surface area (Å²) in [5, 5.41) is 0.637. The normalized spacial score (nSPS) is 24.8. The molecule has 7 rings (SSSR count). The van der Waals surface area contributed by atoms with Crippen LogP contribution >= 0.6 is 15.9 Å². The van der Waals surface area contributed by atoms with Gasteiger partial charge in [0.1, 0.15) is 16.9 Å². The second kappa shape index (κ2) is 9.75. The highest BCUT2D eigenvalue weighted by atomic mass is 79.9. The number of morpholine rings is 1. The van der Waals surface area contributed by atoms with E-state index in [4.69, 9.17) is 19.2 Å². The van der Waals surface area contributed by atoms with Crippen LogP contribution in [0.3, 0.4) is 0 Å². The number of amides is 1. The lowest BCUT2D eigenvalue weighted by atomic mass is 9.88. The van der Waals surface area contributed by atoms with Crippen molar-refractivity contribution >= 4 is 38.7 Å². The van der Waals surface area contributed by atoms with Crippen LogP contribution in [0.25, 0.3) is 10.9 Å². The Bertz CT molecular complexity index is 1220. The number of rotatable bonds is 6. The molecule has 5 heterocycles. The van der Waals surface area contributed by atoms with Crippen molar-refractivity contribution in [2.45, 2.75) is 57.7 Å².